The minimum atomic E-state index is 0.404. The molecule has 6 nitrogen and oxygen atoms in total. The van der Waals surface area contributed by atoms with Gasteiger partial charge in [0.15, 0.2) is 5.82 Å². The van der Waals surface area contributed by atoms with Gasteiger partial charge in [0, 0.05) is 24.7 Å². The summed E-state index contributed by atoms with van der Waals surface area (Å²) in [5.74, 6) is 2.75. The molecule has 0 amide bonds. The van der Waals surface area contributed by atoms with E-state index in [-0.39, 0.29) is 0 Å². The minimum absolute atomic E-state index is 0.404. The fraction of sp³-hybridized carbons (Fsp3) is 0.250. The molecule has 2 aromatic carbocycles. The summed E-state index contributed by atoms with van der Waals surface area (Å²) < 4.78 is 7.58. The standard InChI is InChI=1S/C24H23N5O/c1-29-24(26-27-28-29)20-9-7-18(8-10-20)23(17-5-6-17)19-11-13-22(14-12-19)30-16-21-4-2-3-15-25-21/h2-4,7-15,17,23H,5-6,16H2,1H3. The second-order valence-corrected chi connectivity index (χ2v) is 7.74. The Bertz CT molecular complexity index is 1100. The predicted molar refractivity (Wildman–Crippen MR) is 114 cm³/mol. The molecular weight excluding hydrogens is 374 g/mol. The van der Waals surface area contributed by atoms with E-state index in [0.29, 0.717) is 18.4 Å². The summed E-state index contributed by atoms with van der Waals surface area (Å²) in [5.41, 5.74) is 4.61. The number of nitrogens with zero attached hydrogens (tertiary/aromatic N) is 5. The number of benzene rings is 2. The summed E-state index contributed by atoms with van der Waals surface area (Å²) in [6, 6.07) is 23.0. The topological polar surface area (TPSA) is 65.7 Å². The molecule has 0 bridgehead atoms. The van der Waals surface area contributed by atoms with Crippen molar-refractivity contribution in [3.05, 3.63) is 89.7 Å². The summed E-state index contributed by atoms with van der Waals surface area (Å²) >= 11 is 0. The second kappa shape index (κ2) is 8.06. The molecule has 1 fully saturated rings. The monoisotopic (exact) mass is 397 g/mol. The van der Waals surface area contributed by atoms with E-state index in [9.17, 15) is 0 Å². The molecule has 6 heteroatoms. The molecule has 0 aliphatic heterocycles. The van der Waals surface area contributed by atoms with Crippen molar-refractivity contribution in [2.75, 3.05) is 0 Å². The number of aromatic nitrogens is 5. The van der Waals surface area contributed by atoms with Crippen LogP contribution in [-0.2, 0) is 13.7 Å². The minimum Gasteiger partial charge on any atom is -0.487 e. The molecule has 0 radical (unpaired) electrons. The first kappa shape index (κ1) is 18.5. The van der Waals surface area contributed by atoms with Crippen LogP contribution in [0, 0.1) is 5.92 Å². The van der Waals surface area contributed by atoms with Gasteiger partial charge in [-0.25, -0.2) is 4.68 Å². The molecule has 1 aliphatic rings. The third-order valence-electron chi connectivity index (χ3n) is 5.59. The molecule has 150 valence electrons. The number of tetrazole rings is 1. The van der Waals surface area contributed by atoms with Crippen LogP contribution in [0.25, 0.3) is 11.4 Å². The molecule has 1 unspecified atom stereocenters. The zero-order valence-corrected chi connectivity index (χ0v) is 16.8. The Morgan fingerprint density at radius 1 is 0.967 bits per heavy atom. The summed E-state index contributed by atoms with van der Waals surface area (Å²) in [6.07, 6.45) is 4.34. The van der Waals surface area contributed by atoms with Crippen molar-refractivity contribution in [3.63, 3.8) is 0 Å². The Labute approximate surface area is 175 Å². The molecule has 0 spiro atoms. The Morgan fingerprint density at radius 3 is 2.30 bits per heavy atom. The lowest BCUT2D eigenvalue weighted by Crippen LogP contribution is -2.04. The van der Waals surface area contributed by atoms with Crippen LogP contribution in [0.3, 0.4) is 0 Å². The highest BCUT2D eigenvalue weighted by atomic mass is 16.5. The molecule has 2 heterocycles. The Kier molecular flexibility index (Phi) is 4.97. The van der Waals surface area contributed by atoms with Crippen LogP contribution in [0.5, 0.6) is 5.75 Å². The lowest BCUT2D eigenvalue weighted by Gasteiger charge is -2.18. The van der Waals surface area contributed by atoms with Crippen molar-refractivity contribution in [1.82, 2.24) is 25.2 Å². The van der Waals surface area contributed by atoms with Crippen LogP contribution < -0.4 is 4.74 Å². The number of aryl methyl sites for hydroxylation is 1. The molecule has 1 atom stereocenters. The van der Waals surface area contributed by atoms with Gasteiger partial charge in [-0.1, -0.05) is 42.5 Å². The maximum absolute atomic E-state index is 5.89. The molecule has 1 aliphatic carbocycles. The Hall–Kier alpha value is -3.54. The van der Waals surface area contributed by atoms with E-state index in [0.717, 1.165) is 22.8 Å². The maximum atomic E-state index is 5.89. The van der Waals surface area contributed by atoms with Crippen LogP contribution in [0.2, 0.25) is 0 Å². The summed E-state index contributed by atoms with van der Waals surface area (Å²) in [4.78, 5) is 4.30. The third-order valence-corrected chi connectivity index (χ3v) is 5.59. The van der Waals surface area contributed by atoms with E-state index < -0.39 is 0 Å². The first-order valence-electron chi connectivity index (χ1n) is 10.2. The molecular formula is C24H23N5O. The van der Waals surface area contributed by atoms with Crippen LogP contribution >= 0.6 is 0 Å². The smallest absolute Gasteiger partial charge is 0.181 e. The van der Waals surface area contributed by atoms with Crippen molar-refractivity contribution in [1.29, 1.82) is 0 Å². The van der Waals surface area contributed by atoms with E-state index in [4.69, 9.17) is 4.74 Å². The molecule has 1 saturated carbocycles. The second-order valence-electron chi connectivity index (χ2n) is 7.74. The summed E-state index contributed by atoms with van der Waals surface area (Å²) in [6.45, 7) is 0.477. The van der Waals surface area contributed by atoms with Crippen molar-refractivity contribution in [2.24, 2.45) is 13.0 Å². The van der Waals surface area contributed by atoms with Crippen molar-refractivity contribution in [3.8, 4) is 17.1 Å². The van der Waals surface area contributed by atoms with Gasteiger partial charge in [-0.05, 0) is 64.6 Å². The lowest BCUT2D eigenvalue weighted by molar-refractivity contribution is 0.301. The van der Waals surface area contributed by atoms with Gasteiger partial charge < -0.3 is 4.74 Å². The highest BCUT2D eigenvalue weighted by Gasteiger charge is 2.33. The van der Waals surface area contributed by atoms with Crippen molar-refractivity contribution < 1.29 is 4.74 Å². The zero-order valence-electron chi connectivity index (χ0n) is 16.8. The van der Waals surface area contributed by atoms with Gasteiger partial charge in [-0.2, -0.15) is 0 Å². The maximum Gasteiger partial charge on any atom is 0.181 e. The number of hydrogen-bond donors (Lipinski definition) is 0. The van der Waals surface area contributed by atoms with Gasteiger partial charge >= 0.3 is 0 Å². The number of hydrogen-bond acceptors (Lipinski definition) is 5. The van der Waals surface area contributed by atoms with Crippen LogP contribution in [0.15, 0.2) is 72.9 Å². The molecule has 0 saturated heterocycles. The molecule has 4 aromatic rings. The lowest BCUT2D eigenvalue weighted by atomic mass is 9.87. The normalized spacial score (nSPS) is 14.4. The largest absolute Gasteiger partial charge is 0.487 e. The van der Waals surface area contributed by atoms with E-state index in [1.54, 1.807) is 10.9 Å². The number of ether oxygens (including phenoxy) is 1. The first-order valence-corrected chi connectivity index (χ1v) is 10.2. The summed E-state index contributed by atoms with van der Waals surface area (Å²) in [7, 11) is 1.85. The Balaban J connectivity index is 1.33. The van der Waals surface area contributed by atoms with Crippen LogP contribution in [0.1, 0.15) is 35.6 Å². The fourth-order valence-electron chi connectivity index (χ4n) is 3.89. The van der Waals surface area contributed by atoms with Gasteiger partial charge in [0.05, 0.1) is 5.69 Å². The number of pyridine rings is 1. The van der Waals surface area contributed by atoms with E-state index >= 15 is 0 Å². The van der Waals surface area contributed by atoms with E-state index in [2.05, 4.69) is 69.0 Å². The third kappa shape index (κ3) is 3.94. The number of rotatable bonds is 7. The fourth-order valence-corrected chi connectivity index (χ4v) is 3.89. The quantitative estimate of drug-likeness (QED) is 0.463. The van der Waals surface area contributed by atoms with E-state index in [1.807, 2.05) is 25.2 Å². The highest BCUT2D eigenvalue weighted by molar-refractivity contribution is 5.55. The first-order chi connectivity index (χ1) is 14.8. The molecule has 5 rings (SSSR count). The van der Waals surface area contributed by atoms with Crippen molar-refractivity contribution >= 4 is 0 Å². The molecule has 30 heavy (non-hydrogen) atoms. The van der Waals surface area contributed by atoms with Crippen molar-refractivity contribution in [2.45, 2.75) is 25.4 Å². The molecule has 2 aromatic heterocycles. The van der Waals surface area contributed by atoms with Crippen LogP contribution in [-0.4, -0.2) is 25.2 Å². The van der Waals surface area contributed by atoms with Gasteiger partial charge in [0.2, 0.25) is 0 Å². The van der Waals surface area contributed by atoms with Crippen LogP contribution in [0.4, 0.5) is 0 Å². The van der Waals surface area contributed by atoms with E-state index in [1.165, 1.54) is 24.0 Å². The zero-order chi connectivity index (χ0) is 20.3. The van der Waals surface area contributed by atoms with Gasteiger partial charge in [-0.15, -0.1) is 5.10 Å². The average molecular weight is 397 g/mol. The summed E-state index contributed by atoms with van der Waals surface area (Å²) in [5, 5.41) is 11.7. The Morgan fingerprint density at radius 2 is 1.70 bits per heavy atom. The highest BCUT2D eigenvalue weighted by Crippen LogP contribution is 2.46. The van der Waals surface area contributed by atoms with Gasteiger partial charge in [0.25, 0.3) is 0 Å². The van der Waals surface area contributed by atoms with Gasteiger partial charge in [-0.3, -0.25) is 4.98 Å². The average Bonchev–Trinajstić information content (AvgIpc) is 3.54. The SMILES string of the molecule is Cn1nnnc1-c1ccc(C(c2ccc(OCc3ccccn3)cc2)C2CC2)cc1. The van der Waals surface area contributed by atoms with Gasteiger partial charge in [0.1, 0.15) is 12.4 Å². The predicted octanol–water partition coefficient (Wildman–Crippen LogP) is 4.39. The molecule has 0 N–H and O–H groups in total.